The topological polar surface area (TPSA) is 37.8 Å². The summed E-state index contributed by atoms with van der Waals surface area (Å²) in [5.41, 5.74) is 0. The van der Waals surface area contributed by atoms with Crippen LogP contribution in [0.1, 0.15) is 0 Å². The number of nitrogens with one attached hydrogen (secondary N) is 1. The van der Waals surface area contributed by atoms with Crippen molar-refractivity contribution in [3.05, 3.63) is 11.2 Å². The Morgan fingerprint density at radius 3 is 2.91 bits per heavy atom. The molecular weight excluding hydrogens is 180 g/mol. The zero-order chi connectivity index (χ0) is 8.27. The quantitative estimate of drug-likeness (QED) is 0.327. The van der Waals surface area contributed by atoms with Crippen LogP contribution in [0.15, 0.2) is 11.2 Å². The van der Waals surface area contributed by atoms with Crippen molar-refractivity contribution in [1.29, 1.82) is 0 Å². The maximum atomic E-state index is 5.65. The average Bonchev–Trinajstić information content (AvgIpc) is 2.03. The van der Waals surface area contributed by atoms with Crippen LogP contribution in [0.25, 0.3) is 0 Å². The fraction of sp³-hybridized carbons (Fsp3) is 0.200. The molecule has 6 heteroatoms. The zero-order valence-corrected chi connectivity index (χ0v) is 7.41. The van der Waals surface area contributed by atoms with Crippen molar-refractivity contribution >= 4 is 37.2 Å². The Kier molecular flexibility index (Phi) is 3.02. The van der Waals surface area contributed by atoms with Gasteiger partial charge in [0.05, 0.1) is 0 Å². The summed E-state index contributed by atoms with van der Waals surface area (Å²) < 4.78 is 0. The predicted molar refractivity (Wildman–Crippen MR) is 48.2 cm³/mol. The Bertz CT molecular complexity index is 235. The van der Waals surface area contributed by atoms with Crippen LogP contribution in [0.2, 0.25) is 5.15 Å². The molecule has 3 nitrogen and oxygen atoms in total. The number of hydrogen-bond donors (Lipinski definition) is 1. The lowest BCUT2D eigenvalue weighted by atomic mass is 10.4. The number of hydrogen-bond acceptors (Lipinski definition) is 4. The van der Waals surface area contributed by atoms with E-state index in [-0.39, 0.29) is 0 Å². The summed E-state index contributed by atoms with van der Waals surface area (Å²) in [6.45, 7) is 0. The third-order valence-corrected chi connectivity index (χ3v) is 1.75. The van der Waals surface area contributed by atoms with E-state index in [9.17, 15) is 0 Å². The van der Waals surface area contributed by atoms with Crippen LogP contribution >= 0.6 is 23.4 Å². The standard InChI is InChI=1S/C5H5BClN3S/c1-11-5-8-3(7)2-4(9-5)10-6/h2H,1H3,(H,8,9,10). The lowest BCUT2D eigenvalue weighted by molar-refractivity contribution is 0.979. The van der Waals surface area contributed by atoms with Gasteiger partial charge in [0.15, 0.2) is 5.16 Å². The molecule has 0 aliphatic rings. The van der Waals surface area contributed by atoms with Gasteiger partial charge in [-0.05, 0) is 6.26 Å². The van der Waals surface area contributed by atoms with Crippen molar-refractivity contribution in [2.45, 2.75) is 5.16 Å². The molecule has 0 amide bonds. The molecule has 1 aromatic rings. The largest absolute Gasteiger partial charge is 0.423 e. The van der Waals surface area contributed by atoms with E-state index in [2.05, 4.69) is 15.2 Å². The summed E-state index contributed by atoms with van der Waals surface area (Å²) in [6.07, 6.45) is 1.87. The Hall–Kier alpha value is -0.415. The van der Waals surface area contributed by atoms with Crippen LogP contribution < -0.4 is 5.23 Å². The van der Waals surface area contributed by atoms with Gasteiger partial charge < -0.3 is 5.23 Å². The summed E-state index contributed by atoms with van der Waals surface area (Å²) in [5, 5.41) is 3.38. The molecule has 0 spiro atoms. The Labute approximate surface area is 75.4 Å². The fourth-order valence-electron chi connectivity index (χ4n) is 0.562. The number of nitrogens with zero attached hydrogens (tertiary/aromatic N) is 2. The number of thioether (sulfide) groups is 1. The van der Waals surface area contributed by atoms with Gasteiger partial charge in [0.1, 0.15) is 11.0 Å². The molecule has 0 aliphatic carbocycles. The van der Waals surface area contributed by atoms with Crippen LogP contribution in [0.5, 0.6) is 0 Å². The Balaban J connectivity index is 3.02. The number of anilines is 1. The van der Waals surface area contributed by atoms with Crippen LogP contribution in [-0.2, 0) is 0 Å². The van der Waals surface area contributed by atoms with Crippen LogP contribution in [-0.4, -0.2) is 24.2 Å². The van der Waals surface area contributed by atoms with E-state index in [1.165, 1.54) is 11.8 Å². The second kappa shape index (κ2) is 3.83. The first-order valence-corrected chi connectivity index (χ1v) is 4.41. The summed E-state index contributed by atoms with van der Waals surface area (Å²) in [7, 11) is 5.13. The molecule has 0 atom stereocenters. The lowest BCUT2D eigenvalue weighted by Crippen LogP contribution is -1.96. The molecule has 0 bridgehead atoms. The van der Waals surface area contributed by atoms with Gasteiger partial charge in [-0.1, -0.05) is 23.4 Å². The number of rotatable bonds is 2. The first kappa shape index (κ1) is 8.68. The minimum absolute atomic E-state index is 0.386. The second-order valence-electron chi connectivity index (χ2n) is 1.71. The monoisotopic (exact) mass is 185 g/mol. The third-order valence-electron chi connectivity index (χ3n) is 1.00. The molecule has 11 heavy (non-hydrogen) atoms. The van der Waals surface area contributed by atoms with Gasteiger partial charge in [0, 0.05) is 6.07 Å². The van der Waals surface area contributed by atoms with E-state index < -0.39 is 0 Å². The highest BCUT2D eigenvalue weighted by atomic mass is 35.5. The smallest absolute Gasteiger partial charge is 0.224 e. The molecule has 0 saturated carbocycles. The van der Waals surface area contributed by atoms with Crippen molar-refractivity contribution in [2.24, 2.45) is 0 Å². The van der Waals surface area contributed by atoms with Gasteiger partial charge in [0.2, 0.25) is 7.98 Å². The molecule has 0 fully saturated rings. The molecule has 0 aromatic carbocycles. The number of halogens is 1. The fourth-order valence-corrected chi connectivity index (χ4v) is 1.17. The summed E-state index contributed by atoms with van der Waals surface area (Å²) in [5.74, 6) is 0.523. The molecule has 56 valence electrons. The van der Waals surface area contributed by atoms with E-state index >= 15 is 0 Å². The van der Waals surface area contributed by atoms with Crippen LogP contribution in [0.3, 0.4) is 0 Å². The summed E-state index contributed by atoms with van der Waals surface area (Å²) >= 11 is 7.06. The maximum Gasteiger partial charge on any atom is 0.224 e. The molecule has 2 radical (unpaired) electrons. The van der Waals surface area contributed by atoms with Gasteiger partial charge in [-0.2, -0.15) is 0 Å². The molecule has 1 aromatic heterocycles. The van der Waals surface area contributed by atoms with E-state index in [0.717, 1.165) is 0 Å². The minimum Gasteiger partial charge on any atom is -0.423 e. The van der Waals surface area contributed by atoms with Gasteiger partial charge in [-0.3, -0.25) is 0 Å². The van der Waals surface area contributed by atoms with E-state index in [0.29, 0.717) is 16.1 Å². The summed E-state index contributed by atoms with van der Waals surface area (Å²) in [4.78, 5) is 7.92. The number of aromatic nitrogens is 2. The van der Waals surface area contributed by atoms with Gasteiger partial charge >= 0.3 is 0 Å². The highest BCUT2D eigenvalue weighted by Crippen LogP contribution is 2.16. The zero-order valence-electron chi connectivity index (χ0n) is 5.84. The molecule has 0 aliphatic heterocycles. The average molecular weight is 185 g/mol. The highest BCUT2D eigenvalue weighted by Gasteiger charge is 1.98. The Morgan fingerprint density at radius 1 is 1.64 bits per heavy atom. The highest BCUT2D eigenvalue weighted by molar-refractivity contribution is 7.98. The summed E-state index contributed by atoms with van der Waals surface area (Å²) in [6, 6.07) is 1.56. The van der Waals surface area contributed by atoms with Gasteiger partial charge in [-0.25, -0.2) is 9.97 Å². The lowest BCUT2D eigenvalue weighted by Gasteiger charge is -2.00. The minimum atomic E-state index is 0.386. The SMILES string of the molecule is [B]Nc1cc(Cl)nc(SC)n1. The first-order valence-electron chi connectivity index (χ1n) is 2.81. The normalized spacial score (nSPS) is 9.64. The van der Waals surface area contributed by atoms with Crippen molar-refractivity contribution < 1.29 is 0 Å². The molecule has 0 unspecified atom stereocenters. The van der Waals surface area contributed by atoms with Crippen molar-refractivity contribution in [2.75, 3.05) is 11.5 Å². The first-order chi connectivity index (χ1) is 5.26. The van der Waals surface area contributed by atoms with E-state index in [1.54, 1.807) is 6.07 Å². The van der Waals surface area contributed by atoms with Crippen molar-refractivity contribution in [3.63, 3.8) is 0 Å². The molecular formula is C5H5BClN3S. The molecule has 1 heterocycles. The van der Waals surface area contributed by atoms with E-state index in [1.807, 2.05) is 6.26 Å². The third kappa shape index (κ3) is 2.27. The van der Waals surface area contributed by atoms with Crippen LogP contribution in [0, 0.1) is 0 Å². The Morgan fingerprint density at radius 2 is 2.36 bits per heavy atom. The predicted octanol–water partition coefficient (Wildman–Crippen LogP) is 1.35. The molecule has 1 rings (SSSR count). The molecule has 1 N–H and O–H groups in total. The maximum absolute atomic E-state index is 5.65. The second-order valence-corrected chi connectivity index (χ2v) is 2.87. The van der Waals surface area contributed by atoms with Crippen LogP contribution in [0.4, 0.5) is 5.82 Å². The van der Waals surface area contributed by atoms with Gasteiger partial charge in [-0.15, -0.1) is 0 Å². The van der Waals surface area contributed by atoms with Gasteiger partial charge in [0.25, 0.3) is 0 Å². The van der Waals surface area contributed by atoms with Crippen molar-refractivity contribution in [1.82, 2.24) is 9.97 Å². The molecule has 0 saturated heterocycles. The van der Waals surface area contributed by atoms with E-state index in [4.69, 9.17) is 19.6 Å². The van der Waals surface area contributed by atoms with Crippen molar-refractivity contribution in [3.8, 4) is 0 Å².